The van der Waals surface area contributed by atoms with Gasteiger partial charge in [0.2, 0.25) is 0 Å². The average Bonchev–Trinajstić information content (AvgIpc) is 2.61. The number of rotatable bonds is 7. The number of hydrogen-bond acceptors (Lipinski definition) is 3. The highest BCUT2D eigenvalue weighted by molar-refractivity contribution is 6.29. The molecule has 1 atom stereocenters. The van der Waals surface area contributed by atoms with Gasteiger partial charge in [0.05, 0.1) is 6.54 Å². The summed E-state index contributed by atoms with van der Waals surface area (Å²) >= 11 is 5.77. The average molecular weight is 365 g/mol. The largest absolute Gasteiger partial charge is 0.486 e. The number of benzene rings is 1. The van der Waals surface area contributed by atoms with Crippen LogP contribution in [0.25, 0.3) is 0 Å². The van der Waals surface area contributed by atoms with Gasteiger partial charge < -0.3 is 15.4 Å². The first-order valence-electron chi connectivity index (χ1n) is 8.04. The molecule has 2 aromatic rings. The zero-order valence-electron chi connectivity index (χ0n) is 14.3. The summed E-state index contributed by atoms with van der Waals surface area (Å²) in [5.41, 5.74) is 1.09. The molecule has 1 heterocycles. The fourth-order valence-electron chi connectivity index (χ4n) is 2.14. The SMILES string of the molecule is CN=C(NCCc1ccc(Cl)nc1)NCC(C)Oc1ccccc1F. The Morgan fingerprint density at radius 2 is 2.08 bits per heavy atom. The summed E-state index contributed by atoms with van der Waals surface area (Å²) in [5, 5.41) is 6.85. The molecule has 134 valence electrons. The molecule has 0 saturated carbocycles. The van der Waals surface area contributed by atoms with Gasteiger partial charge in [0, 0.05) is 19.8 Å². The van der Waals surface area contributed by atoms with Crippen molar-refractivity contribution < 1.29 is 9.13 Å². The van der Waals surface area contributed by atoms with Gasteiger partial charge in [-0.05, 0) is 37.1 Å². The van der Waals surface area contributed by atoms with Crippen LogP contribution < -0.4 is 15.4 Å². The van der Waals surface area contributed by atoms with Gasteiger partial charge in [-0.1, -0.05) is 29.8 Å². The van der Waals surface area contributed by atoms with Gasteiger partial charge in [0.1, 0.15) is 11.3 Å². The molecule has 2 rings (SSSR count). The van der Waals surface area contributed by atoms with E-state index < -0.39 is 0 Å². The molecule has 1 unspecified atom stereocenters. The van der Waals surface area contributed by atoms with E-state index in [1.165, 1.54) is 6.07 Å². The Morgan fingerprint density at radius 1 is 1.28 bits per heavy atom. The second kappa shape index (κ2) is 9.84. The van der Waals surface area contributed by atoms with E-state index in [0.717, 1.165) is 12.0 Å². The molecule has 2 N–H and O–H groups in total. The number of hydrogen-bond donors (Lipinski definition) is 2. The number of para-hydroxylation sites is 1. The van der Waals surface area contributed by atoms with Crippen molar-refractivity contribution in [3.8, 4) is 5.75 Å². The van der Waals surface area contributed by atoms with Crippen LogP contribution in [-0.4, -0.2) is 37.2 Å². The lowest BCUT2D eigenvalue weighted by molar-refractivity contribution is 0.214. The molecule has 1 aromatic heterocycles. The van der Waals surface area contributed by atoms with E-state index in [1.54, 1.807) is 37.5 Å². The quantitative estimate of drug-likeness (QED) is 0.450. The first-order chi connectivity index (χ1) is 12.1. The first kappa shape index (κ1) is 19.0. The third kappa shape index (κ3) is 6.58. The van der Waals surface area contributed by atoms with E-state index >= 15 is 0 Å². The fraction of sp³-hybridized carbons (Fsp3) is 0.333. The predicted octanol–water partition coefficient (Wildman–Crippen LogP) is 3.05. The van der Waals surface area contributed by atoms with E-state index in [4.69, 9.17) is 16.3 Å². The molecule has 1 aromatic carbocycles. The molecule has 0 aliphatic rings. The van der Waals surface area contributed by atoms with E-state index in [0.29, 0.717) is 24.2 Å². The zero-order valence-corrected chi connectivity index (χ0v) is 15.1. The summed E-state index contributed by atoms with van der Waals surface area (Å²) in [4.78, 5) is 8.21. The van der Waals surface area contributed by atoms with Crippen LogP contribution in [0.4, 0.5) is 4.39 Å². The smallest absolute Gasteiger partial charge is 0.191 e. The second-order valence-electron chi connectivity index (χ2n) is 5.48. The first-order valence-corrected chi connectivity index (χ1v) is 8.42. The fourth-order valence-corrected chi connectivity index (χ4v) is 2.25. The lowest BCUT2D eigenvalue weighted by Crippen LogP contribution is -2.42. The maximum Gasteiger partial charge on any atom is 0.191 e. The van der Waals surface area contributed by atoms with E-state index in [9.17, 15) is 4.39 Å². The van der Waals surface area contributed by atoms with Crippen LogP contribution in [0.2, 0.25) is 5.15 Å². The van der Waals surface area contributed by atoms with Crippen LogP contribution >= 0.6 is 11.6 Å². The Hall–Kier alpha value is -2.34. The molecule has 0 aliphatic carbocycles. The van der Waals surface area contributed by atoms with Gasteiger partial charge in [0.15, 0.2) is 17.5 Å². The molecule has 7 heteroatoms. The molecule has 0 radical (unpaired) electrons. The third-order valence-electron chi connectivity index (χ3n) is 3.44. The predicted molar refractivity (Wildman–Crippen MR) is 98.8 cm³/mol. The molecule has 0 amide bonds. The van der Waals surface area contributed by atoms with Crippen molar-refractivity contribution in [3.05, 3.63) is 59.1 Å². The number of aromatic nitrogens is 1. The number of aliphatic imine (C=N–C) groups is 1. The van der Waals surface area contributed by atoms with Gasteiger partial charge in [-0.15, -0.1) is 0 Å². The number of guanidine groups is 1. The molecule has 0 aliphatic heterocycles. The lowest BCUT2D eigenvalue weighted by Gasteiger charge is -2.18. The van der Waals surface area contributed by atoms with Gasteiger partial charge in [-0.25, -0.2) is 9.37 Å². The van der Waals surface area contributed by atoms with Gasteiger partial charge >= 0.3 is 0 Å². The van der Waals surface area contributed by atoms with Gasteiger partial charge in [-0.3, -0.25) is 4.99 Å². The minimum atomic E-state index is -0.367. The van der Waals surface area contributed by atoms with Gasteiger partial charge in [0.25, 0.3) is 0 Å². The van der Waals surface area contributed by atoms with Crippen molar-refractivity contribution in [1.82, 2.24) is 15.6 Å². The minimum Gasteiger partial charge on any atom is -0.486 e. The van der Waals surface area contributed by atoms with Crippen LogP contribution in [-0.2, 0) is 6.42 Å². The molecule has 0 fully saturated rings. The Bertz CT molecular complexity index is 694. The van der Waals surface area contributed by atoms with E-state index in [1.807, 2.05) is 13.0 Å². The highest BCUT2D eigenvalue weighted by atomic mass is 35.5. The van der Waals surface area contributed by atoms with Crippen molar-refractivity contribution in [1.29, 1.82) is 0 Å². The summed E-state index contributed by atoms with van der Waals surface area (Å²) in [6.07, 6.45) is 2.34. The number of nitrogens with zero attached hydrogens (tertiary/aromatic N) is 2. The molecule has 0 spiro atoms. The topological polar surface area (TPSA) is 58.5 Å². The Kier molecular flexibility index (Phi) is 7.47. The number of nitrogens with one attached hydrogen (secondary N) is 2. The van der Waals surface area contributed by atoms with Crippen LogP contribution in [0.3, 0.4) is 0 Å². The normalized spacial score (nSPS) is 12.6. The molecule has 25 heavy (non-hydrogen) atoms. The minimum absolute atomic E-state index is 0.212. The van der Waals surface area contributed by atoms with Crippen LogP contribution in [0.15, 0.2) is 47.6 Å². The van der Waals surface area contributed by atoms with Crippen molar-refractivity contribution in [2.45, 2.75) is 19.4 Å². The summed E-state index contributed by atoms with van der Waals surface area (Å²) in [6, 6.07) is 10.1. The Morgan fingerprint density at radius 3 is 2.76 bits per heavy atom. The number of ether oxygens (including phenoxy) is 1. The molecule has 5 nitrogen and oxygen atoms in total. The molecule has 0 bridgehead atoms. The molecule has 0 saturated heterocycles. The highest BCUT2D eigenvalue weighted by Crippen LogP contribution is 2.16. The number of halogens is 2. The highest BCUT2D eigenvalue weighted by Gasteiger charge is 2.08. The third-order valence-corrected chi connectivity index (χ3v) is 3.66. The Balaban J connectivity index is 1.72. The van der Waals surface area contributed by atoms with E-state index in [2.05, 4.69) is 20.6 Å². The van der Waals surface area contributed by atoms with Crippen LogP contribution in [0, 0.1) is 5.82 Å². The summed E-state index contributed by atoms with van der Waals surface area (Å²) in [7, 11) is 1.70. The van der Waals surface area contributed by atoms with Crippen molar-refractivity contribution in [2.24, 2.45) is 4.99 Å². The monoisotopic (exact) mass is 364 g/mol. The zero-order chi connectivity index (χ0) is 18.1. The van der Waals surface area contributed by atoms with E-state index in [-0.39, 0.29) is 17.7 Å². The van der Waals surface area contributed by atoms with Crippen molar-refractivity contribution >= 4 is 17.6 Å². The molecular weight excluding hydrogens is 343 g/mol. The maximum absolute atomic E-state index is 13.6. The van der Waals surface area contributed by atoms with Gasteiger partial charge in [-0.2, -0.15) is 0 Å². The van der Waals surface area contributed by atoms with Crippen LogP contribution in [0.1, 0.15) is 12.5 Å². The maximum atomic E-state index is 13.6. The lowest BCUT2D eigenvalue weighted by atomic mass is 10.2. The summed E-state index contributed by atoms with van der Waals surface area (Å²) in [5.74, 6) is 0.536. The second-order valence-corrected chi connectivity index (χ2v) is 5.87. The standard InChI is InChI=1S/C18H22ClFN4O/c1-13(25-16-6-4-3-5-15(16)20)11-24-18(21-2)22-10-9-14-7-8-17(19)23-12-14/h3-8,12-13H,9-11H2,1-2H3,(H2,21,22,24). The van der Waals surface area contributed by atoms with Crippen molar-refractivity contribution in [3.63, 3.8) is 0 Å². The summed E-state index contributed by atoms with van der Waals surface area (Å²) in [6.45, 7) is 3.06. The Labute approximate surface area is 152 Å². The summed E-state index contributed by atoms with van der Waals surface area (Å²) < 4.78 is 19.2. The van der Waals surface area contributed by atoms with Crippen LogP contribution in [0.5, 0.6) is 5.75 Å². The van der Waals surface area contributed by atoms with Crippen molar-refractivity contribution in [2.75, 3.05) is 20.1 Å². The molecular formula is C18H22ClFN4O. The number of pyridine rings is 1.